The van der Waals surface area contributed by atoms with Crippen LogP contribution in [0.25, 0.3) is 11.1 Å². The summed E-state index contributed by atoms with van der Waals surface area (Å²) in [5.74, 6) is -1.43. The molecule has 0 spiro atoms. The Labute approximate surface area is 116 Å². The molecule has 2 rings (SSSR count). The van der Waals surface area contributed by atoms with Crippen LogP contribution in [-0.4, -0.2) is 22.0 Å². The van der Waals surface area contributed by atoms with Crippen molar-refractivity contribution in [3.8, 4) is 11.1 Å². The zero-order valence-corrected chi connectivity index (χ0v) is 11.2. The molecule has 0 radical (unpaired) electrons. The van der Waals surface area contributed by atoms with E-state index in [1.165, 1.54) is 13.1 Å². The molecule has 5 heteroatoms. The fourth-order valence-corrected chi connectivity index (χ4v) is 1.99. The first-order chi connectivity index (χ1) is 9.49. The molecule has 0 fully saturated rings. The number of benzene rings is 1. The van der Waals surface area contributed by atoms with Gasteiger partial charge in [-0.3, -0.25) is 4.79 Å². The summed E-state index contributed by atoms with van der Waals surface area (Å²) in [5.41, 5.74) is 2.32. The van der Waals surface area contributed by atoms with Crippen LogP contribution in [0.1, 0.15) is 22.8 Å². The quantitative estimate of drug-likeness (QED) is 0.898. The van der Waals surface area contributed by atoms with Crippen LogP contribution in [0.4, 0.5) is 5.82 Å². The lowest BCUT2D eigenvalue weighted by molar-refractivity contribution is -0.114. The molecule has 0 atom stereocenters. The van der Waals surface area contributed by atoms with Crippen LogP contribution >= 0.6 is 0 Å². The number of carboxylic acids is 1. The summed E-state index contributed by atoms with van der Waals surface area (Å²) in [5, 5.41) is 11.8. The molecular weight excluding hydrogens is 256 g/mol. The average molecular weight is 270 g/mol. The van der Waals surface area contributed by atoms with E-state index in [0.29, 0.717) is 5.56 Å². The van der Waals surface area contributed by atoms with Crippen LogP contribution < -0.4 is 5.32 Å². The topological polar surface area (TPSA) is 79.3 Å². The number of aromatic nitrogens is 1. The van der Waals surface area contributed by atoms with Crippen molar-refractivity contribution in [1.82, 2.24) is 4.98 Å². The molecule has 0 aliphatic carbocycles. The van der Waals surface area contributed by atoms with Crippen molar-refractivity contribution in [3.63, 3.8) is 0 Å². The standard InChI is InChI=1S/C15H14N2O3/c1-9-4-3-5-11(8-9)12-6-7-16-14(17-10(2)18)13(12)15(19)20/h3-8H,1-2H3,(H,19,20)(H,16,17,18). The molecule has 0 aliphatic heterocycles. The van der Waals surface area contributed by atoms with E-state index in [1.54, 1.807) is 6.07 Å². The maximum atomic E-state index is 11.5. The zero-order valence-electron chi connectivity index (χ0n) is 11.2. The summed E-state index contributed by atoms with van der Waals surface area (Å²) in [6.45, 7) is 3.24. The Balaban J connectivity index is 2.64. The second-order valence-corrected chi connectivity index (χ2v) is 4.44. The van der Waals surface area contributed by atoms with Gasteiger partial charge in [-0.2, -0.15) is 0 Å². The Morgan fingerprint density at radius 2 is 2.00 bits per heavy atom. The monoisotopic (exact) mass is 270 g/mol. The van der Waals surface area contributed by atoms with E-state index >= 15 is 0 Å². The van der Waals surface area contributed by atoms with E-state index in [1.807, 2.05) is 31.2 Å². The first-order valence-electron chi connectivity index (χ1n) is 6.06. The fraction of sp³-hybridized carbons (Fsp3) is 0.133. The van der Waals surface area contributed by atoms with Gasteiger partial charge in [0.1, 0.15) is 11.4 Å². The Morgan fingerprint density at radius 1 is 1.25 bits per heavy atom. The Bertz CT molecular complexity index is 681. The zero-order chi connectivity index (χ0) is 14.7. The van der Waals surface area contributed by atoms with Gasteiger partial charge in [-0.15, -0.1) is 0 Å². The molecule has 5 nitrogen and oxygen atoms in total. The third kappa shape index (κ3) is 2.83. The highest BCUT2D eigenvalue weighted by Gasteiger charge is 2.18. The number of pyridine rings is 1. The third-order valence-corrected chi connectivity index (χ3v) is 2.79. The van der Waals surface area contributed by atoms with Crippen molar-refractivity contribution >= 4 is 17.7 Å². The predicted octanol–water partition coefficient (Wildman–Crippen LogP) is 2.71. The van der Waals surface area contributed by atoms with E-state index in [4.69, 9.17) is 0 Å². The molecule has 1 amide bonds. The number of carbonyl (C=O) groups is 2. The minimum Gasteiger partial charge on any atom is -0.478 e. The molecule has 1 aromatic heterocycles. The summed E-state index contributed by atoms with van der Waals surface area (Å²) in [6, 6.07) is 9.13. The molecule has 1 aromatic carbocycles. The highest BCUT2D eigenvalue weighted by molar-refractivity contribution is 6.04. The molecule has 0 unspecified atom stereocenters. The van der Waals surface area contributed by atoms with E-state index < -0.39 is 5.97 Å². The first kappa shape index (κ1) is 13.7. The van der Waals surface area contributed by atoms with E-state index in [9.17, 15) is 14.7 Å². The molecule has 0 aliphatic rings. The molecule has 2 aromatic rings. The number of hydrogen-bond donors (Lipinski definition) is 2. The van der Waals surface area contributed by atoms with Gasteiger partial charge in [0.15, 0.2) is 0 Å². The predicted molar refractivity (Wildman–Crippen MR) is 75.7 cm³/mol. The number of rotatable bonds is 3. The fourth-order valence-electron chi connectivity index (χ4n) is 1.99. The lowest BCUT2D eigenvalue weighted by Crippen LogP contribution is -2.13. The Kier molecular flexibility index (Phi) is 3.79. The van der Waals surface area contributed by atoms with Crippen LogP contribution in [0, 0.1) is 6.92 Å². The number of nitrogens with zero attached hydrogens (tertiary/aromatic N) is 1. The van der Waals surface area contributed by atoms with Gasteiger partial charge in [0.05, 0.1) is 0 Å². The van der Waals surface area contributed by atoms with Gasteiger partial charge in [0.25, 0.3) is 0 Å². The van der Waals surface area contributed by atoms with Gasteiger partial charge in [0, 0.05) is 18.7 Å². The maximum absolute atomic E-state index is 11.5. The Hall–Kier alpha value is -2.69. The van der Waals surface area contributed by atoms with Crippen molar-refractivity contribution in [2.45, 2.75) is 13.8 Å². The van der Waals surface area contributed by atoms with Gasteiger partial charge < -0.3 is 10.4 Å². The van der Waals surface area contributed by atoms with Gasteiger partial charge >= 0.3 is 5.97 Å². The molecule has 0 saturated heterocycles. The highest BCUT2D eigenvalue weighted by atomic mass is 16.4. The molecule has 1 heterocycles. The number of aromatic carboxylic acids is 1. The SMILES string of the molecule is CC(=O)Nc1nccc(-c2cccc(C)c2)c1C(=O)O. The first-order valence-corrected chi connectivity index (χ1v) is 6.06. The molecule has 2 N–H and O–H groups in total. The molecular formula is C15H14N2O3. The molecule has 102 valence electrons. The molecule has 0 saturated carbocycles. The smallest absolute Gasteiger partial charge is 0.340 e. The van der Waals surface area contributed by atoms with Crippen molar-refractivity contribution in [2.24, 2.45) is 0 Å². The number of nitrogens with one attached hydrogen (secondary N) is 1. The number of aryl methyl sites for hydroxylation is 1. The van der Waals surface area contributed by atoms with Crippen LogP contribution in [0.15, 0.2) is 36.5 Å². The van der Waals surface area contributed by atoms with Crippen molar-refractivity contribution in [1.29, 1.82) is 0 Å². The second-order valence-electron chi connectivity index (χ2n) is 4.44. The van der Waals surface area contributed by atoms with Crippen LogP contribution in [0.5, 0.6) is 0 Å². The highest BCUT2D eigenvalue weighted by Crippen LogP contribution is 2.28. The summed E-state index contributed by atoms with van der Waals surface area (Å²) < 4.78 is 0. The summed E-state index contributed by atoms with van der Waals surface area (Å²) >= 11 is 0. The second kappa shape index (κ2) is 5.52. The summed E-state index contributed by atoms with van der Waals surface area (Å²) in [6.07, 6.45) is 1.48. The normalized spacial score (nSPS) is 10.1. The third-order valence-electron chi connectivity index (χ3n) is 2.79. The number of carbonyl (C=O) groups excluding carboxylic acids is 1. The van der Waals surface area contributed by atoms with Crippen molar-refractivity contribution in [2.75, 3.05) is 5.32 Å². The van der Waals surface area contributed by atoms with Gasteiger partial charge in [-0.1, -0.05) is 29.8 Å². The minimum absolute atomic E-state index is 0.00620. The van der Waals surface area contributed by atoms with Gasteiger partial charge in [0.2, 0.25) is 5.91 Å². The van der Waals surface area contributed by atoms with E-state index in [2.05, 4.69) is 10.3 Å². The van der Waals surface area contributed by atoms with Gasteiger partial charge in [-0.25, -0.2) is 9.78 Å². The molecule has 20 heavy (non-hydrogen) atoms. The summed E-state index contributed by atoms with van der Waals surface area (Å²) in [4.78, 5) is 26.6. The largest absolute Gasteiger partial charge is 0.478 e. The number of carboxylic acid groups (broad SMARTS) is 1. The van der Waals surface area contributed by atoms with Crippen LogP contribution in [0.2, 0.25) is 0 Å². The maximum Gasteiger partial charge on any atom is 0.340 e. The minimum atomic E-state index is -1.13. The number of anilines is 1. The Morgan fingerprint density at radius 3 is 2.60 bits per heavy atom. The lowest BCUT2D eigenvalue weighted by Gasteiger charge is -2.11. The van der Waals surface area contributed by atoms with Gasteiger partial charge in [-0.05, 0) is 18.6 Å². The average Bonchev–Trinajstić information content (AvgIpc) is 2.37. The van der Waals surface area contributed by atoms with E-state index in [-0.39, 0.29) is 17.3 Å². The molecule has 0 bridgehead atoms. The summed E-state index contributed by atoms with van der Waals surface area (Å²) in [7, 11) is 0. The van der Waals surface area contributed by atoms with Crippen LogP contribution in [-0.2, 0) is 4.79 Å². The number of hydrogen-bond acceptors (Lipinski definition) is 3. The van der Waals surface area contributed by atoms with Crippen molar-refractivity contribution in [3.05, 3.63) is 47.7 Å². The number of amides is 1. The van der Waals surface area contributed by atoms with Crippen LogP contribution in [0.3, 0.4) is 0 Å². The lowest BCUT2D eigenvalue weighted by atomic mass is 9.99. The van der Waals surface area contributed by atoms with Crippen molar-refractivity contribution < 1.29 is 14.7 Å². The van der Waals surface area contributed by atoms with E-state index in [0.717, 1.165) is 11.1 Å².